The van der Waals surface area contributed by atoms with Crippen molar-refractivity contribution in [3.8, 4) is 11.5 Å². The van der Waals surface area contributed by atoms with Gasteiger partial charge in [-0.15, -0.1) is 0 Å². The number of ether oxygens (including phenoxy) is 1. The summed E-state index contributed by atoms with van der Waals surface area (Å²) in [6.07, 6.45) is 4.94. The van der Waals surface area contributed by atoms with E-state index in [4.69, 9.17) is 4.74 Å². The Balaban J connectivity index is 2.22. The zero-order chi connectivity index (χ0) is 12.1. The fourth-order valence-electron chi connectivity index (χ4n) is 1.33. The average molecular weight is 228 g/mol. The fraction of sp³-hybridized carbons (Fsp3) is 0.0769. The summed E-state index contributed by atoms with van der Waals surface area (Å²) in [5, 5.41) is 9.72. The Hall–Kier alpha value is -2.36. The first-order valence-electron chi connectivity index (χ1n) is 5.10. The molecule has 0 aliphatic carbocycles. The first kappa shape index (κ1) is 11.1. The van der Waals surface area contributed by atoms with Crippen LogP contribution in [0, 0.1) is 0 Å². The van der Waals surface area contributed by atoms with Gasteiger partial charge in [-0.25, -0.2) is 0 Å². The normalized spacial score (nSPS) is 10.6. The van der Waals surface area contributed by atoms with Crippen molar-refractivity contribution >= 4 is 11.9 Å². The molecule has 1 heterocycles. The lowest BCUT2D eigenvalue weighted by Gasteiger charge is -2.02. The SMILES string of the molecule is COc1ccc(C=Nc2ccncc2)c(O)c1. The smallest absolute Gasteiger partial charge is 0.128 e. The van der Waals surface area contributed by atoms with Gasteiger partial charge < -0.3 is 9.84 Å². The van der Waals surface area contributed by atoms with E-state index in [0.29, 0.717) is 11.3 Å². The van der Waals surface area contributed by atoms with Crippen molar-refractivity contribution in [1.82, 2.24) is 4.98 Å². The fourth-order valence-corrected chi connectivity index (χ4v) is 1.33. The molecular formula is C13H12N2O2. The molecule has 0 saturated heterocycles. The highest BCUT2D eigenvalue weighted by atomic mass is 16.5. The van der Waals surface area contributed by atoms with E-state index in [2.05, 4.69) is 9.98 Å². The number of aromatic hydroxyl groups is 1. The molecule has 0 aliphatic heterocycles. The molecule has 0 unspecified atom stereocenters. The summed E-state index contributed by atoms with van der Waals surface area (Å²) in [7, 11) is 1.56. The summed E-state index contributed by atoms with van der Waals surface area (Å²) in [6.45, 7) is 0. The minimum atomic E-state index is 0.141. The van der Waals surface area contributed by atoms with E-state index >= 15 is 0 Å². The van der Waals surface area contributed by atoms with Crippen LogP contribution < -0.4 is 4.74 Å². The Morgan fingerprint density at radius 3 is 2.65 bits per heavy atom. The van der Waals surface area contributed by atoms with Crippen LogP contribution in [0.15, 0.2) is 47.7 Å². The van der Waals surface area contributed by atoms with Crippen LogP contribution in [0.5, 0.6) is 11.5 Å². The second-order valence-corrected chi connectivity index (χ2v) is 3.39. The third-order valence-electron chi connectivity index (χ3n) is 2.25. The van der Waals surface area contributed by atoms with E-state index in [9.17, 15) is 5.11 Å². The largest absolute Gasteiger partial charge is 0.507 e. The van der Waals surface area contributed by atoms with Crippen LogP contribution >= 0.6 is 0 Å². The minimum absolute atomic E-state index is 0.141. The van der Waals surface area contributed by atoms with E-state index in [1.807, 2.05) is 0 Å². The molecule has 4 heteroatoms. The van der Waals surface area contributed by atoms with Crippen LogP contribution in [-0.4, -0.2) is 23.4 Å². The number of aromatic nitrogens is 1. The number of methoxy groups -OCH3 is 1. The van der Waals surface area contributed by atoms with Gasteiger partial charge in [0.2, 0.25) is 0 Å². The quantitative estimate of drug-likeness (QED) is 0.821. The Morgan fingerprint density at radius 2 is 2.00 bits per heavy atom. The van der Waals surface area contributed by atoms with Gasteiger partial charge >= 0.3 is 0 Å². The van der Waals surface area contributed by atoms with E-state index in [0.717, 1.165) is 5.69 Å². The molecule has 1 N–H and O–H groups in total. The molecule has 0 amide bonds. The Morgan fingerprint density at radius 1 is 1.24 bits per heavy atom. The monoisotopic (exact) mass is 228 g/mol. The number of rotatable bonds is 3. The van der Waals surface area contributed by atoms with E-state index in [1.54, 1.807) is 56.0 Å². The molecule has 0 fully saturated rings. The van der Waals surface area contributed by atoms with E-state index in [1.165, 1.54) is 0 Å². The molecular weight excluding hydrogens is 216 g/mol. The standard InChI is InChI=1S/C13H12N2O2/c1-17-12-3-2-10(13(16)8-12)9-15-11-4-6-14-7-5-11/h2-9,16H,1H3. The number of phenolic OH excluding ortho intramolecular Hbond substituents is 1. The maximum absolute atomic E-state index is 9.72. The van der Waals surface area contributed by atoms with Crippen molar-refractivity contribution in [3.05, 3.63) is 48.3 Å². The highest BCUT2D eigenvalue weighted by Gasteiger charge is 2.00. The Kier molecular flexibility index (Phi) is 3.35. The predicted molar refractivity (Wildman–Crippen MR) is 66.1 cm³/mol. The van der Waals surface area contributed by atoms with Crippen molar-refractivity contribution in [2.24, 2.45) is 4.99 Å². The molecule has 0 spiro atoms. The van der Waals surface area contributed by atoms with Crippen LogP contribution in [0.3, 0.4) is 0 Å². The number of hydrogen-bond acceptors (Lipinski definition) is 4. The van der Waals surface area contributed by atoms with Gasteiger partial charge in [-0.05, 0) is 24.3 Å². The maximum Gasteiger partial charge on any atom is 0.128 e. The third kappa shape index (κ3) is 2.81. The molecule has 2 rings (SSSR count). The molecule has 0 saturated carbocycles. The molecule has 0 radical (unpaired) electrons. The number of hydrogen-bond donors (Lipinski definition) is 1. The van der Waals surface area contributed by atoms with Crippen molar-refractivity contribution < 1.29 is 9.84 Å². The van der Waals surface area contributed by atoms with Gasteiger partial charge in [0.05, 0.1) is 12.8 Å². The Bertz CT molecular complexity index is 524. The second-order valence-electron chi connectivity index (χ2n) is 3.39. The second kappa shape index (κ2) is 5.12. The minimum Gasteiger partial charge on any atom is -0.507 e. The lowest BCUT2D eigenvalue weighted by atomic mass is 10.2. The summed E-state index contributed by atoms with van der Waals surface area (Å²) in [5.74, 6) is 0.755. The van der Waals surface area contributed by atoms with Gasteiger partial charge in [-0.3, -0.25) is 9.98 Å². The summed E-state index contributed by atoms with van der Waals surface area (Å²) < 4.78 is 5.00. The number of pyridine rings is 1. The molecule has 0 bridgehead atoms. The van der Waals surface area contributed by atoms with Crippen LogP contribution in [0.25, 0.3) is 0 Å². The van der Waals surface area contributed by atoms with Gasteiger partial charge in [0, 0.05) is 30.2 Å². The van der Waals surface area contributed by atoms with Crippen LogP contribution in [0.1, 0.15) is 5.56 Å². The molecule has 17 heavy (non-hydrogen) atoms. The average Bonchev–Trinajstić information content (AvgIpc) is 2.38. The van der Waals surface area contributed by atoms with Crippen LogP contribution in [-0.2, 0) is 0 Å². The molecule has 86 valence electrons. The van der Waals surface area contributed by atoms with E-state index < -0.39 is 0 Å². The summed E-state index contributed by atoms with van der Waals surface area (Å²) >= 11 is 0. The van der Waals surface area contributed by atoms with Crippen molar-refractivity contribution in [2.75, 3.05) is 7.11 Å². The molecule has 2 aromatic rings. The lowest BCUT2D eigenvalue weighted by Crippen LogP contribution is -1.86. The molecule has 0 atom stereocenters. The van der Waals surface area contributed by atoms with Crippen molar-refractivity contribution in [2.45, 2.75) is 0 Å². The predicted octanol–water partition coefficient (Wildman–Crippen LogP) is 2.55. The van der Waals surface area contributed by atoms with Crippen LogP contribution in [0.2, 0.25) is 0 Å². The van der Waals surface area contributed by atoms with Crippen molar-refractivity contribution in [3.63, 3.8) is 0 Å². The molecule has 4 nitrogen and oxygen atoms in total. The highest BCUT2D eigenvalue weighted by Crippen LogP contribution is 2.22. The Labute approximate surface area is 99.2 Å². The first-order chi connectivity index (χ1) is 8.29. The summed E-state index contributed by atoms with van der Waals surface area (Å²) in [4.78, 5) is 8.13. The number of aliphatic imine (C=N–C) groups is 1. The maximum atomic E-state index is 9.72. The van der Waals surface area contributed by atoms with Gasteiger partial charge in [0.15, 0.2) is 0 Å². The van der Waals surface area contributed by atoms with Gasteiger partial charge in [0.1, 0.15) is 11.5 Å². The molecule has 1 aromatic carbocycles. The van der Waals surface area contributed by atoms with Gasteiger partial charge in [-0.2, -0.15) is 0 Å². The van der Waals surface area contributed by atoms with Gasteiger partial charge in [-0.1, -0.05) is 0 Å². The zero-order valence-corrected chi connectivity index (χ0v) is 9.37. The van der Waals surface area contributed by atoms with Gasteiger partial charge in [0.25, 0.3) is 0 Å². The molecule has 0 aliphatic rings. The topological polar surface area (TPSA) is 54.7 Å². The van der Waals surface area contributed by atoms with Crippen molar-refractivity contribution in [1.29, 1.82) is 0 Å². The number of benzene rings is 1. The summed E-state index contributed by atoms with van der Waals surface area (Å²) in [6, 6.07) is 8.65. The van der Waals surface area contributed by atoms with Crippen LogP contribution in [0.4, 0.5) is 5.69 Å². The molecule has 1 aromatic heterocycles. The lowest BCUT2D eigenvalue weighted by molar-refractivity contribution is 0.407. The zero-order valence-electron chi connectivity index (χ0n) is 9.37. The first-order valence-corrected chi connectivity index (χ1v) is 5.10. The highest BCUT2D eigenvalue weighted by molar-refractivity contribution is 5.85. The number of nitrogens with zero attached hydrogens (tertiary/aromatic N) is 2. The van der Waals surface area contributed by atoms with E-state index in [-0.39, 0.29) is 5.75 Å². The number of phenols is 1. The third-order valence-corrected chi connectivity index (χ3v) is 2.25. The summed E-state index contributed by atoms with van der Waals surface area (Å²) in [5.41, 5.74) is 1.43.